The van der Waals surface area contributed by atoms with Gasteiger partial charge in [0.15, 0.2) is 0 Å². The van der Waals surface area contributed by atoms with Crippen molar-refractivity contribution in [3.05, 3.63) is 23.5 Å². The van der Waals surface area contributed by atoms with Crippen LogP contribution in [0.2, 0.25) is 0 Å². The lowest BCUT2D eigenvalue weighted by molar-refractivity contribution is -0.0523. The number of morpholine rings is 1. The second-order valence-electron chi connectivity index (χ2n) is 6.17. The van der Waals surface area contributed by atoms with E-state index in [1.54, 1.807) is 17.7 Å². The van der Waals surface area contributed by atoms with Crippen LogP contribution >= 0.6 is 22.9 Å². The third kappa shape index (κ3) is 3.37. The molecule has 2 saturated heterocycles. The smallest absolute Gasteiger partial charge is 0.143 e. The number of aromatic nitrogens is 2. The number of rotatable bonds is 3. The van der Waals surface area contributed by atoms with Crippen molar-refractivity contribution in [1.82, 2.24) is 19.8 Å². The average molecular weight is 353 g/mol. The molecule has 4 heterocycles. The maximum Gasteiger partial charge on any atom is 0.143 e. The molecule has 2 fully saturated rings. The number of hydrogen-bond acceptors (Lipinski definition) is 6. The van der Waals surface area contributed by atoms with Gasteiger partial charge in [-0.05, 0) is 32.0 Å². The van der Waals surface area contributed by atoms with Crippen LogP contribution in [0.5, 0.6) is 0 Å². The molecule has 0 spiro atoms. The standard InChI is InChI=1S/C16H21ClN4OS/c17-15-10-21(6-7-22-15)16(20-4-2-1-3-5-20)13-8-12-14(23-13)9-18-11-19-12/h8-9,11,15-16H,1-7,10H2. The predicted molar refractivity (Wildman–Crippen MR) is 92.7 cm³/mol. The molecule has 2 aromatic rings. The monoisotopic (exact) mass is 352 g/mol. The Morgan fingerprint density at radius 2 is 2.09 bits per heavy atom. The topological polar surface area (TPSA) is 41.5 Å². The van der Waals surface area contributed by atoms with E-state index in [1.807, 2.05) is 6.20 Å². The van der Waals surface area contributed by atoms with Crippen molar-refractivity contribution >= 4 is 33.2 Å². The summed E-state index contributed by atoms with van der Waals surface area (Å²) < 4.78 is 6.68. The largest absolute Gasteiger partial charge is 0.360 e. The van der Waals surface area contributed by atoms with Gasteiger partial charge in [0, 0.05) is 24.2 Å². The predicted octanol–water partition coefficient (Wildman–Crippen LogP) is 3.07. The van der Waals surface area contributed by atoms with E-state index in [2.05, 4.69) is 25.8 Å². The SMILES string of the molecule is ClC1CN(C(c2cc3ncncc3s2)N2CCCCC2)CCO1. The Kier molecular flexibility index (Phi) is 4.78. The molecule has 2 aliphatic heterocycles. The number of hydrogen-bond donors (Lipinski definition) is 0. The molecule has 7 heteroatoms. The maximum atomic E-state index is 6.26. The first-order valence-corrected chi connectivity index (χ1v) is 9.50. The quantitative estimate of drug-likeness (QED) is 0.794. The Bertz CT molecular complexity index is 627. The van der Waals surface area contributed by atoms with Crippen molar-refractivity contribution in [2.75, 3.05) is 32.8 Å². The van der Waals surface area contributed by atoms with E-state index < -0.39 is 0 Å². The van der Waals surface area contributed by atoms with Gasteiger partial charge in [-0.3, -0.25) is 9.80 Å². The normalized spacial score (nSPS) is 25.7. The summed E-state index contributed by atoms with van der Waals surface area (Å²) in [4.78, 5) is 15.0. The zero-order valence-corrected chi connectivity index (χ0v) is 14.6. The van der Waals surface area contributed by atoms with Gasteiger partial charge in [-0.2, -0.15) is 0 Å². The van der Waals surface area contributed by atoms with E-state index in [0.717, 1.165) is 36.4 Å². The molecule has 2 aromatic heterocycles. The number of likely N-dealkylation sites (tertiary alicyclic amines) is 1. The highest BCUT2D eigenvalue weighted by Crippen LogP contribution is 2.36. The molecule has 2 aliphatic rings. The van der Waals surface area contributed by atoms with Crippen LogP contribution in [0, 0.1) is 0 Å². The van der Waals surface area contributed by atoms with Crippen LogP contribution in [-0.4, -0.2) is 58.1 Å². The van der Waals surface area contributed by atoms with Crippen molar-refractivity contribution in [3.63, 3.8) is 0 Å². The van der Waals surface area contributed by atoms with Gasteiger partial charge in [-0.25, -0.2) is 9.97 Å². The molecule has 0 radical (unpaired) electrons. The lowest BCUT2D eigenvalue weighted by atomic mass is 10.1. The van der Waals surface area contributed by atoms with Gasteiger partial charge in [-0.1, -0.05) is 18.0 Å². The van der Waals surface area contributed by atoms with Crippen molar-refractivity contribution in [2.24, 2.45) is 0 Å². The van der Waals surface area contributed by atoms with E-state index in [0.29, 0.717) is 6.61 Å². The summed E-state index contributed by atoms with van der Waals surface area (Å²) in [5.41, 5.74) is 0.822. The minimum absolute atomic E-state index is 0.217. The minimum Gasteiger partial charge on any atom is -0.360 e. The Hall–Kier alpha value is -0.790. The van der Waals surface area contributed by atoms with Crippen LogP contribution in [0.4, 0.5) is 0 Å². The highest BCUT2D eigenvalue weighted by atomic mass is 35.5. The fourth-order valence-electron chi connectivity index (χ4n) is 3.53. The number of thiophene rings is 1. The maximum absolute atomic E-state index is 6.26. The van der Waals surface area contributed by atoms with Crippen molar-refractivity contribution in [2.45, 2.75) is 31.0 Å². The van der Waals surface area contributed by atoms with Crippen LogP contribution in [0.1, 0.15) is 30.3 Å². The first-order valence-electron chi connectivity index (χ1n) is 8.24. The van der Waals surface area contributed by atoms with Crippen LogP contribution in [0.25, 0.3) is 10.2 Å². The summed E-state index contributed by atoms with van der Waals surface area (Å²) in [5, 5.41) is 0. The molecule has 0 N–H and O–H groups in total. The van der Waals surface area contributed by atoms with E-state index in [1.165, 1.54) is 24.1 Å². The summed E-state index contributed by atoms with van der Waals surface area (Å²) in [7, 11) is 0. The van der Waals surface area contributed by atoms with Crippen molar-refractivity contribution < 1.29 is 4.74 Å². The van der Waals surface area contributed by atoms with E-state index in [4.69, 9.17) is 16.3 Å². The average Bonchev–Trinajstić information content (AvgIpc) is 2.99. The Morgan fingerprint density at radius 3 is 2.87 bits per heavy atom. The number of piperidine rings is 1. The van der Waals surface area contributed by atoms with Gasteiger partial charge in [0.25, 0.3) is 0 Å². The molecule has 0 saturated carbocycles. The molecule has 0 aromatic carbocycles. The number of alkyl halides is 1. The number of halogens is 1. The first kappa shape index (κ1) is 15.7. The Labute approximate surface area is 145 Å². The summed E-state index contributed by atoms with van der Waals surface area (Å²) in [6, 6.07) is 2.22. The van der Waals surface area contributed by atoms with Gasteiger partial charge in [0.05, 0.1) is 23.0 Å². The van der Waals surface area contributed by atoms with Gasteiger partial charge in [0.2, 0.25) is 0 Å². The van der Waals surface area contributed by atoms with Gasteiger partial charge in [0.1, 0.15) is 11.9 Å². The first-order chi connectivity index (χ1) is 11.3. The summed E-state index contributed by atoms with van der Waals surface area (Å²) in [6.07, 6.45) is 7.69. The zero-order valence-electron chi connectivity index (χ0n) is 13.0. The zero-order chi connectivity index (χ0) is 15.6. The summed E-state index contributed by atoms with van der Waals surface area (Å²) in [6.45, 7) is 4.68. The van der Waals surface area contributed by atoms with Crippen molar-refractivity contribution in [3.8, 4) is 0 Å². The van der Waals surface area contributed by atoms with Crippen molar-refractivity contribution in [1.29, 1.82) is 0 Å². The molecule has 23 heavy (non-hydrogen) atoms. The van der Waals surface area contributed by atoms with Gasteiger partial charge >= 0.3 is 0 Å². The molecule has 5 nitrogen and oxygen atoms in total. The minimum atomic E-state index is -0.217. The molecule has 2 unspecified atom stereocenters. The third-order valence-electron chi connectivity index (χ3n) is 4.61. The van der Waals surface area contributed by atoms with Crippen LogP contribution in [-0.2, 0) is 4.74 Å². The second-order valence-corrected chi connectivity index (χ2v) is 7.77. The molecule has 0 bridgehead atoms. The second kappa shape index (κ2) is 6.99. The van der Waals surface area contributed by atoms with E-state index >= 15 is 0 Å². The fourth-order valence-corrected chi connectivity index (χ4v) is 4.96. The lowest BCUT2D eigenvalue weighted by Crippen LogP contribution is -2.49. The van der Waals surface area contributed by atoms with Gasteiger partial charge in [-0.15, -0.1) is 11.3 Å². The number of ether oxygens (including phenoxy) is 1. The Balaban J connectivity index is 1.68. The third-order valence-corrected chi connectivity index (χ3v) is 5.97. The molecular formula is C16H21ClN4OS. The van der Waals surface area contributed by atoms with Gasteiger partial charge < -0.3 is 4.74 Å². The van der Waals surface area contributed by atoms with E-state index in [9.17, 15) is 0 Å². The molecule has 2 atom stereocenters. The van der Waals surface area contributed by atoms with Crippen LogP contribution < -0.4 is 0 Å². The summed E-state index contributed by atoms with van der Waals surface area (Å²) >= 11 is 8.06. The highest BCUT2D eigenvalue weighted by molar-refractivity contribution is 7.19. The Morgan fingerprint density at radius 1 is 1.22 bits per heavy atom. The van der Waals surface area contributed by atoms with E-state index in [-0.39, 0.29) is 11.7 Å². The molecule has 0 aliphatic carbocycles. The molecule has 0 amide bonds. The molecular weight excluding hydrogens is 332 g/mol. The van der Waals surface area contributed by atoms with Crippen LogP contribution in [0.3, 0.4) is 0 Å². The number of fused-ring (bicyclic) bond motifs is 1. The lowest BCUT2D eigenvalue weighted by Gasteiger charge is -2.43. The number of nitrogens with zero attached hydrogens (tertiary/aromatic N) is 4. The molecule has 124 valence electrons. The highest BCUT2D eigenvalue weighted by Gasteiger charge is 2.32. The van der Waals surface area contributed by atoms with Crippen LogP contribution in [0.15, 0.2) is 18.6 Å². The fraction of sp³-hybridized carbons (Fsp3) is 0.625. The summed E-state index contributed by atoms with van der Waals surface area (Å²) in [5.74, 6) is 0. The molecule has 4 rings (SSSR count).